The number of carboxylic acid groups (broad SMARTS) is 1. The van der Waals surface area contributed by atoms with Crippen LogP contribution in [0.25, 0.3) is 0 Å². The Morgan fingerprint density at radius 1 is 1.31 bits per heavy atom. The van der Waals surface area contributed by atoms with Gasteiger partial charge in [0.1, 0.15) is 0 Å². The van der Waals surface area contributed by atoms with Gasteiger partial charge in [0, 0.05) is 18.1 Å². The highest BCUT2D eigenvalue weighted by molar-refractivity contribution is 5.96. The van der Waals surface area contributed by atoms with Crippen LogP contribution in [0.3, 0.4) is 0 Å². The molecule has 0 aliphatic carbocycles. The third-order valence-electron chi connectivity index (χ3n) is 2.17. The number of hydrogen-bond donors (Lipinski definition) is 1. The molecule has 0 amide bonds. The van der Waals surface area contributed by atoms with Gasteiger partial charge in [0.25, 0.3) is 0 Å². The molecule has 3 nitrogen and oxygen atoms in total. The normalized spacial score (nSPS) is 12.6. The molecular weight excluding hydrogens is 204 g/mol. The van der Waals surface area contributed by atoms with E-state index in [9.17, 15) is 9.59 Å². The predicted molar refractivity (Wildman–Crippen MR) is 61.3 cm³/mol. The Morgan fingerprint density at radius 2 is 1.94 bits per heavy atom. The Kier molecular flexibility index (Phi) is 4.45. The number of allylic oxidation sites excluding steroid dienone is 1. The van der Waals surface area contributed by atoms with Crippen molar-refractivity contribution in [3.05, 3.63) is 48.0 Å². The zero-order chi connectivity index (χ0) is 12.0. The maximum atomic E-state index is 11.7. The average Bonchev–Trinajstić information content (AvgIpc) is 2.27. The molecule has 0 aliphatic heterocycles. The Labute approximate surface area is 94.4 Å². The van der Waals surface area contributed by atoms with E-state index in [0.717, 1.165) is 6.08 Å². The molecule has 0 aromatic heterocycles. The summed E-state index contributed by atoms with van der Waals surface area (Å²) in [6.07, 6.45) is 2.93. The third-order valence-corrected chi connectivity index (χ3v) is 2.17. The minimum Gasteiger partial charge on any atom is -0.478 e. The van der Waals surface area contributed by atoms with Crippen molar-refractivity contribution in [3.63, 3.8) is 0 Å². The number of rotatable bonds is 5. The monoisotopic (exact) mass is 218 g/mol. The van der Waals surface area contributed by atoms with Crippen LogP contribution in [0.4, 0.5) is 0 Å². The van der Waals surface area contributed by atoms with Crippen LogP contribution in [-0.4, -0.2) is 16.9 Å². The second-order valence-corrected chi connectivity index (χ2v) is 3.67. The van der Waals surface area contributed by atoms with E-state index in [0.29, 0.717) is 12.0 Å². The molecule has 0 saturated heterocycles. The second kappa shape index (κ2) is 5.85. The van der Waals surface area contributed by atoms with Crippen molar-refractivity contribution in [1.29, 1.82) is 0 Å². The van der Waals surface area contributed by atoms with Gasteiger partial charge in [0.2, 0.25) is 0 Å². The van der Waals surface area contributed by atoms with Crippen LogP contribution in [-0.2, 0) is 4.79 Å². The molecule has 1 aromatic rings. The Morgan fingerprint density at radius 3 is 2.50 bits per heavy atom. The highest BCUT2D eigenvalue weighted by atomic mass is 16.4. The fraction of sp³-hybridized carbons (Fsp3) is 0.231. The van der Waals surface area contributed by atoms with Gasteiger partial charge in [-0.05, 0) is 5.92 Å². The van der Waals surface area contributed by atoms with Gasteiger partial charge >= 0.3 is 5.97 Å². The molecule has 0 bridgehead atoms. The summed E-state index contributed by atoms with van der Waals surface area (Å²) in [5.74, 6) is -1.02. The molecule has 1 atom stereocenters. The summed E-state index contributed by atoms with van der Waals surface area (Å²) < 4.78 is 0. The van der Waals surface area contributed by atoms with Gasteiger partial charge in [0.05, 0.1) is 0 Å². The van der Waals surface area contributed by atoms with Crippen molar-refractivity contribution in [3.8, 4) is 0 Å². The highest BCUT2D eigenvalue weighted by Gasteiger charge is 2.08. The number of ketones is 1. The van der Waals surface area contributed by atoms with E-state index in [-0.39, 0.29) is 11.7 Å². The zero-order valence-electron chi connectivity index (χ0n) is 9.09. The van der Waals surface area contributed by atoms with E-state index in [1.54, 1.807) is 12.1 Å². The van der Waals surface area contributed by atoms with Crippen molar-refractivity contribution in [2.75, 3.05) is 0 Å². The van der Waals surface area contributed by atoms with Gasteiger partial charge in [-0.1, -0.05) is 43.3 Å². The zero-order valence-corrected chi connectivity index (χ0v) is 9.09. The van der Waals surface area contributed by atoms with Crippen LogP contribution in [0.15, 0.2) is 42.5 Å². The van der Waals surface area contributed by atoms with E-state index in [1.165, 1.54) is 6.08 Å². The minimum atomic E-state index is -0.987. The topological polar surface area (TPSA) is 54.4 Å². The quantitative estimate of drug-likeness (QED) is 0.610. The Hall–Kier alpha value is -1.90. The molecule has 1 N–H and O–H groups in total. The highest BCUT2D eigenvalue weighted by Crippen LogP contribution is 2.10. The third kappa shape index (κ3) is 4.09. The molecule has 0 heterocycles. The number of carboxylic acids is 1. The average molecular weight is 218 g/mol. The number of Topliss-reactive ketones (excluding diaryl/α,β-unsaturated/α-hetero) is 1. The fourth-order valence-electron chi connectivity index (χ4n) is 1.35. The van der Waals surface area contributed by atoms with Gasteiger partial charge in [-0.15, -0.1) is 0 Å². The van der Waals surface area contributed by atoms with Gasteiger partial charge in [-0.25, -0.2) is 4.79 Å². The molecule has 84 valence electrons. The maximum Gasteiger partial charge on any atom is 0.327 e. The van der Waals surface area contributed by atoms with E-state index < -0.39 is 5.97 Å². The summed E-state index contributed by atoms with van der Waals surface area (Å²) in [6.45, 7) is 1.82. The van der Waals surface area contributed by atoms with Gasteiger partial charge in [-0.3, -0.25) is 4.79 Å². The minimum absolute atomic E-state index is 0.0307. The van der Waals surface area contributed by atoms with Crippen molar-refractivity contribution in [2.24, 2.45) is 5.92 Å². The van der Waals surface area contributed by atoms with Crippen molar-refractivity contribution < 1.29 is 14.7 Å². The Balaban J connectivity index is 2.55. The maximum absolute atomic E-state index is 11.7. The molecular formula is C13H14O3. The molecule has 0 fully saturated rings. The molecule has 16 heavy (non-hydrogen) atoms. The lowest BCUT2D eigenvalue weighted by atomic mass is 9.99. The molecule has 1 unspecified atom stereocenters. The SMILES string of the molecule is CC(/C=C/C(=O)O)CC(=O)c1ccccc1. The first kappa shape index (κ1) is 12.2. The lowest BCUT2D eigenvalue weighted by Crippen LogP contribution is -2.04. The smallest absolute Gasteiger partial charge is 0.327 e. The van der Waals surface area contributed by atoms with Crippen LogP contribution in [0.5, 0.6) is 0 Å². The molecule has 0 radical (unpaired) electrons. The summed E-state index contributed by atoms with van der Waals surface area (Å²) >= 11 is 0. The second-order valence-electron chi connectivity index (χ2n) is 3.67. The standard InChI is InChI=1S/C13H14O3/c1-10(7-8-13(15)16)9-12(14)11-5-3-2-4-6-11/h2-8,10H,9H2,1H3,(H,15,16)/b8-7+. The first-order valence-corrected chi connectivity index (χ1v) is 5.09. The van der Waals surface area contributed by atoms with Crippen LogP contribution in [0.2, 0.25) is 0 Å². The molecule has 1 aromatic carbocycles. The number of aliphatic carboxylic acids is 1. The molecule has 0 spiro atoms. The molecule has 1 rings (SSSR count). The number of carbonyl (C=O) groups excluding carboxylic acids is 1. The summed E-state index contributed by atoms with van der Waals surface area (Å²) in [5.41, 5.74) is 0.665. The lowest BCUT2D eigenvalue weighted by Gasteiger charge is -2.04. The first-order chi connectivity index (χ1) is 7.59. The van der Waals surface area contributed by atoms with Crippen molar-refractivity contribution in [1.82, 2.24) is 0 Å². The van der Waals surface area contributed by atoms with Crippen LogP contribution < -0.4 is 0 Å². The van der Waals surface area contributed by atoms with E-state index in [2.05, 4.69) is 0 Å². The van der Waals surface area contributed by atoms with Gasteiger partial charge in [-0.2, -0.15) is 0 Å². The summed E-state index contributed by atoms with van der Waals surface area (Å²) in [7, 11) is 0. The number of benzene rings is 1. The fourth-order valence-corrected chi connectivity index (χ4v) is 1.35. The summed E-state index contributed by atoms with van der Waals surface area (Å²) in [4.78, 5) is 22.0. The van der Waals surface area contributed by atoms with Gasteiger partial charge < -0.3 is 5.11 Å². The van der Waals surface area contributed by atoms with E-state index in [1.807, 2.05) is 25.1 Å². The van der Waals surface area contributed by atoms with Crippen LogP contribution in [0.1, 0.15) is 23.7 Å². The molecule has 0 saturated carbocycles. The first-order valence-electron chi connectivity index (χ1n) is 5.09. The van der Waals surface area contributed by atoms with Crippen LogP contribution >= 0.6 is 0 Å². The lowest BCUT2D eigenvalue weighted by molar-refractivity contribution is -0.131. The Bertz CT molecular complexity index is 393. The van der Waals surface area contributed by atoms with Crippen LogP contribution in [0, 0.1) is 5.92 Å². The largest absolute Gasteiger partial charge is 0.478 e. The summed E-state index contributed by atoms with van der Waals surface area (Å²) in [5, 5.41) is 8.44. The summed E-state index contributed by atoms with van der Waals surface area (Å²) in [6, 6.07) is 8.99. The number of carbonyl (C=O) groups is 2. The van der Waals surface area contributed by atoms with Crippen molar-refractivity contribution in [2.45, 2.75) is 13.3 Å². The number of hydrogen-bond acceptors (Lipinski definition) is 2. The van der Waals surface area contributed by atoms with Gasteiger partial charge in [0.15, 0.2) is 5.78 Å². The predicted octanol–water partition coefficient (Wildman–Crippen LogP) is 2.54. The van der Waals surface area contributed by atoms with Crippen molar-refractivity contribution >= 4 is 11.8 Å². The molecule has 0 aliphatic rings. The molecule has 3 heteroatoms. The van der Waals surface area contributed by atoms with E-state index >= 15 is 0 Å². The van der Waals surface area contributed by atoms with E-state index in [4.69, 9.17) is 5.11 Å².